The SMILES string of the molecule is CC(C)N1CCN(c2cccc(CN)c2)C1=O. The summed E-state index contributed by atoms with van der Waals surface area (Å²) in [5.74, 6) is 0. The number of hydrogen-bond acceptors (Lipinski definition) is 2. The van der Waals surface area contributed by atoms with E-state index < -0.39 is 0 Å². The van der Waals surface area contributed by atoms with Crippen molar-refractivity contribution in [3.8, 4) is 0 Å². The Hall–Kier alpha value is -1.55. The molecule has 1 heterocycles. The van der Waals surface area contributed by atoms with E-state index in [0.717, 1.165) is 24.3 Å². The highest BCUT2D eigenvalue weighted by molar-refractivity contribution is 5.94. The number of nitrogens with two attached hydrogens (primary N) is 1. The van der Waals surface area contributed by atoms with Gasteiger partial charge in [0.05, 0.1) is 0 Å². The molecule has 0 aromatic heterocycles. The third-order valence-corrected chi connectivity index (χ3v) is 3.12. The average molecular weight is 233 g/mol. The first-order valence-electron chi connectivity index (χ1n) is 6.00. The van der Waals surface area contributed by atoms with Gasteiger partial charge in [0.1, 0.15) is 0 Å². The van der Waals surface area contributed by atoms with E-state index in [1.807, 2.05) is 47.9 Å². The molecule has 17 heavy (non-hydrogen) atoms. The van der Waals surface area contributed by atoms with Crippen LogP contribution in [0.15, 0.2) is 24.3 Å². The fourth-order valence-corrected chi connectivity index (χ4v) is 2.12. The van der Waals surface area contributed by atoms with Gasteiger partial charge in [-0.25, -0.2) is 4.79 Å². The second-order valence-corrected chi connectivity index (χ2v) is 4.60. The molecule has 2 amide bonds. The first-order chi connectivity index (χ1) is 8.13. The second kappa shape index (κ2) is 4.75. The van der Waals surface area contributed by atoms with E-state index in [2.05, 4.69) is 0 Å². The number of benzene rings is 1. The summed E-state index contributed by atoms with van der Waals surface area (Å²) in [6, 6.07) is 8.22. The quantitative estimate of drug-likeness (QED) is 0.865. The summed E-state index contributed by atoms with van der Waals surface area (Å²) in [5.41, 5.74) is 7.61. The minimum Gasteiger partial charge on any atom is -0.326 e. The minimum absolute atomic E-state index is 0.0918. The molecule has 1 aliphatic heterocycles. The molecule has 1 aliphatic rings. The molecule has 0 bridgehead atoms. The Morgan fingerprint density at radius 2 is 2.12 bits per heavy atom. The number of hydrogen-bond donors (Lipinski definition) is 1. The zero-order valence-corrected chi connectivity index (χ0v) is 10.4. The molecular weight excluding hydrogens is 214 g/mol. The summed E-state index contributed by atoms with van der Waals surface area (Å²) in [6.45, 7) is 6.13. The highest BCUT2D eigenvalue weighted by Crippen LogP contribution is 2.22. The smallest absolute Gasteiger partial charge is 0.324 e. The lowest BCUT2D eigenvalue weighted by Gasteiger charge is -2.22. The molecule has 2 N–H and O–H groups in total. The van der Waals surface area contributed by atoms with Gasteiger partial charge in [0, 0.05) is 31.4 Å². The summed E-state index contributed by atoms with van der Waals surface area (Å²) in [4.78, 5) is 15.9. The van der Waals surface area contributed by atoms with E-state index in [0.29, 0.717) is 6.54 Å². The molecule has 0 atom stereocenters. The van der Waals surface area contributed by atoms with Crippen LogP contribution in [0.1, 0.15) is 19.4 Å². The van der Waals surface area contributed by atoms with Crippen LogP contribution in [0.3, 0.4) is 0 Å². The molecular formula is C13H19N3O. The highest BCUT2D eigenvalue weighted by Gasteiger charge is 2.30. The largest absolute Gasteiger partial charge is 0.326 e. The molecule has 4 nitrogen and oxygen atoms in total. The third kappa shape index (κ3) is 2.26. The van der Waals surface area contributed by atoms with Crippen molar-refractivity contribution >= 4 is 11.7 Å². The lowest BCUT2D eigenvalue weighted by Crippen LogP contribution is -2.36. The number of amides is 2. The molecule has 1 aromatic rings. The first kappa shape index (κ1) is 11.9. The molecule has 0 unspecified atom stereocenters. The van der Waals surface area contributed by atoms with E-state index in [1.165, 1.54) is 0 Å². The van der Waals surface area contributed by atoms with Gasteiger partial charge in [-0.05, 0) is 31.5 Å². The van der Waals surface area contributed by atoms with Crippen LogP contribution in [0.25, 0.3) is 0 Å². The number of nitrogens with zero attached hydrogens (tertiary/aromatic N) is 2. The normalized spacial score (nSPS) is 16.1. The average Bonchev–Trinajstić information content (AvgIpc) is 2.71. The van der Waals surface area contributed by atoms with Crippen molar-refractivity contribution in [2.75, 3.05) is 18.0 Å². The van der Waals surface area contributed by atoms with Crippen LogP contribution in [0.2, 0.25) is 0 Å². The van der Waals surface area contributed by atoms with Crippen LogP contribution in [0, 0.1) is 0 Å². The minimum atomic E-state index is 0.0918. The van der Waals surface area contributed by atoms with Gasteiger partial charge in [0.2, 0.25) is 0 Å². The molecule has 1 saturated heterocycles. The van der Waals surface area contributed by atoms with Gasteiger partial charge >= 0.3 is 6.03 Å². The Balaban J connectivity index is 2.21. The number of carbonyl (C=O) groups is 1. The van der Waals surface area contributed by atoms with Gasteiger partial charge in [-0.15, -0.1) is 0 Å². The van der Waals surface area contributed by atoms with Crippen molar-refractivity contribution in [1.29, 1.82) is 0 Å². The molecule has 0 saturated carbocycles. The lowest BCUT2D eigenvalue weighted by atomic mass is 10.2. The fourth-order valence-electron chi connectivity index (χ4n) is 2.12. The maximum atomic E-state index is 12.2. The van der Waals surface area contributed by atoms with E-state index in [9.17, 15) is 4.79 Å². The second-order valence-electron chi connectivity index (χ2n) is 4.60. The van der Waals surface area contributed by atoms with Crippen LogP contribution >= 0.6 is 0 Å². The number of carbonyl (C=O) groups excluding carboxylic acids is 1. The Morgan fingerprint density at radius 1 is 1.35 bits per heavy atom. The number of rotatable bonds is 3. The third-order valence-electron chi connectivity index (χ3n) is 3.12. The van der Waals surface area contributed by atoms with Crippen LogP contribution in [-0.2, 0) is 6.54 Å². The van der Waals surface area contributed by atoms with Gasteiger partial charge in [0.25, 0.3) is 0 Å². The Morgan fingerprint density at radius 3 is 2.71 bits per heavy atom. The Labute approximate surface area is 102 Å². The Bertz CT molecular complexity index is 417. The van der Waals surface area contributed by atoms with Crippen molar-refractivity contribution < 1.29 is 4.79 Å². The zero-order valence-electron chi connectivity index (χ0n) is 10.4. The summed E-state index contributed by atoms with van der Waals surface area (Å²) in [7, 11) is 0. The molecule has 0 radical (unpaired) electrons. The molecule has 4 heteroatoms. The lowest BCUT2D eigenvalue weighted by molar-refractivity contribution is 0.209. The molecule has 0 spiro atoms. The van der Waals surface area contributed by atoms with Crippen LogP contribution in [0.4, 0.5) is 10.5 Å². The van der Waals surface area contributed by atoms with Crippen molar-refractivity contribution in [1.82, 2.24) is 4.90 Å². The van der Waals surface area contributed by atoms with Crippen molar-refractivity contribution in [2.24, 2.45) is 5.73 Å². The van der Waals surface area contributed by atoms with E-state index in [1.54, 1.807) is 0 Å². The zero-order chi connectivity index (χ0) is 12.4. The Kier molecular flexibility index (Phi) is 3.33. The maximum Gasteiger partial charge on any atom is 0.324 e. The first-order valence-corrected chi connectivity index (χ1v) is 6.00. The number of urea groups is 1. The highest BCUT2D eigenvalue weighted by atomic mass is 16.2. The monoisotopic (exact) mass is 233 g/mol. The standard InChI is InChI=1S/C13H19N3O/c1-10(2)15-6-7-16(13(15)17)12-5-3-4-11(8-12)9-14/h3-5,8,10H,6-7,9,14H2,1-2H3. The predicted molar refractivity (Wildman–Crippen MR) is 68.9 cm³/mol. The summed E-state index contributed by atoms with van der Waals surface area (Å²) in [6.07, 6.45) is 0. The molecule has 0 aliphatic carbocycles. The van der Waals surface area contributed by atoms with Crippen molar-refractivity contribution in [3.05, 3.63) is 29.8 Å². The van der Waals surface area contributed by atoms with Gasteiger partial charge in [-0.3, -0.25) is 4.90 Å². The summed E-state index contributed by atoms with van der Waals surface area (Å²) >= 11 is 0. The van der Waals surface area contributed by atoms with Crippen molar-refractivity contribution in [3.63, 3.8) is 0 Å². The van der Waals surface area contributed by atoms with Gasteiger partial charge < -0.3 is 10.6 Å². The molecule has 2 rings (SSSR count). The number of anilines is 1. The van der Waals surface area contributed by atoms with E-state index in [-0.39, 0.29) is 12.1 Å². The van der Waals surface area contributed by atoms with E-state index in [4.69, 9.17) is 5.73 Å². The van der Waals surface area contributed by atoms with E-state index >= 15 is 0 Å². The van der Waals surface area contributed by atoms with Gasteiger partial charge in [0.15, 0.2) is 0 Å². The summed E-state index contributed by atoms with van der Waals surface area (Å²) in [5, 5.41) is 0. The van der Waals surface area contributed by atoms with Gasteiger partial charge in [-0.2, -0.15) is 0 Å². The molecule has 92 valence electrons. The van der Waals surface area contributed by atoms with Gasteiger partial charge in [-0.1, -0.05) is 12.1 Å². The predicted octanol–water partition coefficient (Wildman–Crippen LogP) is 1.80. The topological polar surface area (TPSA) is 49.6 Å². The molecule has 1 aromatic carbocycles. The van der Waals surface area contributed by atoms with Crippen LogP contribution in [-0.4, -0.2) is 30.1 Å². The fraction of sp³-hybridized carbons (Fsp3) is 0.462. The summed E-state index contributed by atoms with van der Waals surface area (Å²) < 4.78 is 0. The molecule has 1 fully saturated rings. The van der Waals surface area contributed by atoms with Crippen molar-refractivity contribution in [2.45, 2.75) is 26.4 Å². The van der Waals surface area contributed by atoms with Crippen LogP contribution < -0.4 is 10.6 Å². The maximum absolute atomic E-state index is 12.2. The van der Waals surface area contributed by atoms with Crippen LogP contribution in [0.5, 0.6) is 0 Å².